The minimum atomic E-state index is -0.394. The Morgan fingerprint density at radius 3 is 2.74 bits per heavy atom. The van der Waals surface area contributed by atoms with E-state index in [0.29, 0.717) is 17.7 Å². The zero-order valence-corrected chi connectivity index (χ0v) is 10.5. The SMILES string of the molecule is COC(=O)c1cccc(NCc2ccccc2F)c1. The van der Waals surface area contributed by atoms with E-state index in [1.165, 1.54) is 13.2 Å². The van der Waals surface area contributed by atoms with Crippen LogP contribution in [0.3, 0.4) is 0 Å². The van der Waals surface area contributed by atoms with Crippen molar-refractivity contribution in [3.05, 3.63) is 65.5 Å². The molecule has 0 fully saturated rings. The summed E-state index contributed by atoms with van der Waals surface area (Å²) in [5.41, 5.74) is 1.78. The van der Waals surface area contributed by atoms with Crippen LogP contribution in [0, 0.1) is 5.82 Å². The van der Waals surface area contributed by atoms with Crippen molar-refractivity contribution in [1.82, 2.24) is 0 Å². The van der Waals surface area contributed by atoms with Gasteiger partial charge < -0.3 is 10.1 Å². The Morgan fingerprint density at radius 1 is 1.21 bits per heavy atom. The van der Waals surface area contributed by atoms with Crippen LogP contribution in [-0.4, -0.2) is 13.1 Å². The average Bonchev–Trinajstić information content (AvgIpc) is 2.46. The summed E-state index contributed by atoms with van der Waals surface area (Å²) in [5.74, 6) is -0.645. The number of rotatable bonds is 4. The van der Waals surface area contributed by atoms with Crippen molar-refractivity contribution in [3.63, 3.8) is 0 Å². The summed E-state index contributed by atoms with van der Waals surface area (Å²) in [6, 6.07) is 13.5. The Balaban J connectivity index is 2.08. The number of hydrogen-bond acceptors (Lipinski definition) is 3. The topological polar surface area (TPSA) is 38.3 Å². The summed E-state index contributed by atoms with van der Waals surface area (Å²) < 4.78 is 18.1. The van der Waals surface area contributed by atoms with Gasteiger partial charge in [-0.2, -0.15) is 0 Å². The fraction of sp³-hybridized carbons (Fsp3) is 0.133. The Bertz CT molecular complexity index is 584. The van der Waals surface area contributed by atoms with Gasteiger partial charge in [-0.1, -0.05) is 24.3 Å². The number of benzene rings is 2. The minimum Gasteiger partial charge on any atom is -0.465 e. The van der Waals surface area contributed by atoms with Crippen molar-refractivity contribution < 1.29 is 13.9 Å². The maximum atomic E-state index is 13.4. The van der Waals surface area contributed by atoms with Gasteiger partial charge in [-0.05, 0) is 24.3 Å². The molecular weight excluding hydrogens is 245 g/mol. The maximum Gasteiger partial charge on any atom is 0.337 e. The number of anilines is 1. The molecule has 98 valence electrons. The van der Waals surface area contributed by atoms with Crippen LogP contribution in [0.1, 0.15) is 15.9 Å². The van der Waals surface area contributed by atoms with E-state index in [9.17, 15) is 9.18 Å². The Kier molecular flexibility index (Phi) is 4.13. The molecule has 0 unspecified atom stereocenters. The summed E-state index contributed by atoms with van der Waals surface area (Å²) in [4.78, 5) is 11.4. The normalized spacial score (nSPS) is 10.0. The van der Waals surface area contributed by atoms with Crippen molar-refractivity contribution in [2.24, 2.45) is 0 Å². The number of nitrogens with one attached hydrogen (secondary N) is 1. The van der Waals surface area contributed by atoms with E-state index in [4.69, 9.17) is 0 Å². The molecule has 4 heteroatoms. The predicted octanol–water partition coefficient (Wildman–Crippen LogP) is 3.22. The highest BCUT2D eigenvalue weighted by molar-refractivity contribution is 5.90. The minimum absolute atomic E-state index is 0.251. The second-order valence-corrected chi connectivity index (χ2v) is 4.02. The fourth-order valence-corrected chi connectivity index (χ4v) is 1.71. The molecule has 0 radical (unpaired) electrons. The molecule has 0 amide bonds. The van der Waals surface area contributed by atoms with Crippen LogP contribution < -0.4 is 5.32 Å². The van der Waals surface area contributed by atoms with Crippen molar-refractivity contribution in [2.45, 2.75) is 6.54 Å². The first-order valence-electron chi connectivity index (χ1n) is 5.86. The van der Waals surface area contributed by atoms with E-state index < -0.39 is 5.97 Å². The summed E-state index contributed by atoms with van der Waals surface area (Å²) in [6.07, 6.45) is 0. The zero-order valence-electron chi connectivity index (χ0n) is 10.5. The van der Waals surface area contributed by atoms with Crippen LogP contribution in [0.4, 0.5) is 10.1 Å². The molecular formula is C15H14FNO2. The van der Waals surface area contributed by atoms with Crippen LogP contribution in [0.15, 0.2) is 48.5 Å². The molecule has 0 aliphatic heterocycles. The third-order valence-electron chi connectivity index (χ3n) is 2.72. The lowest BCUT2D eigenvalue weighted by molar-refractivity contribution is 0.0601. The summed E-state index contributed by atoms with van der Waals surface area (Å²) in [7, 11) is 1.34. The monoisotopic (exact) mass is 259 g/mol. The first-order chi connectivity index (χ1) is 9.20. The van der Waals surface area contributed by atoms with E-state index in [2.05, 4.69) is 10.1 Å². The molecule has 0 aromatic heterocycles. The van der Waals surface area contributed by atoms with Crippen molar-refractivity contribution in [2.75, 3.05) is 12.4 Å². The van der Waals surface area contributed by atoms with Gasteiger partial charge in [-0.15, -0.1) is 0 Å². The van der Waals surface area contributed by atoms with Crippen LogP contribution in [0.2, 0.25) is 0 Å². The first kappa shape index (κ1) is 13.1. The summed E-state index contributed by atoms with van der Waals surface area (Å²) >= 11 is 0. The Labute approximate surface area is 111 Å². The van der Waals surface area contributed by atoms with Crippen molar-refractivity contribution in [1.29, 1.82) is 0 Å². The number of halogens is 1. The molecule has 0 heterocycles. The van der Waals surface area contributed by atoms with E-state index in [0.717, 1.165) is 5.69 Å². The molecule has 2 rings (SSSR count). The number of carbonyl (C=O) groups is 1. The second kappa shape index (κ2) is 6.00. The van der Waals surface area contributed by atoms with Gasteiger partial charge in [0.25, 0.3) is 0 Å². The molecule has 2 aromatic carbocycles. The van der Waals surface area contributed by atoms with Crippen LogP contribution in [-0.2, 0) is 11.3 Å². The van der Waals surface area contributed by atoms with Crippen LogP contribution in [0.25, 0.3) is 0 Å². The standard InChI is InChI=1S/C15H14FNO2/c1-19-15(18)11-6-4-7-13(9-11)17-10-12-5-2-3-8-14(12)16/h2-9,17H,10H2,1H3. The van der Waals surface area contributed by atoms with Crippen LogP contribution in [0.5, 0.6) is 0 Å². The van der Waals surface area contributed by atoms with Gasteiger partial charge in [0, 0.05) is 17.8 Å². The number of methoxy groups -OCH3 is 1. The lowest BCUT2D eigenvalue weighted by Crippen LogP contribution is -2.04. The zero-order chi connectivity index (χ0) is 13.7. The fourth-order valence-electron chi connectivity index (χ4n) is 1.71. The molecule has 3 nitrogen and oxygen atoms in total. The number of ether oxygens (including phenoxy) is 1. The Morgan fingerprint density at radius 2 is 2.00 bits per heavy atom. The molecule has 0 bridgehead atoms. The van der Waals surface area contributed by atoms with Crippen LogP contribution >= 0.6 is 0 Å². The second-order valence-electron chi connectivity index (χ2n) is 4.02. The molecule has 0 atom stereocenters. The third kappa shape index (κ3) is 3.31. The van der Waals surface area contributed by atoms with Gasteiger partial charge in [0.1, 0.15) is 5.82 Å². The van der Waals surface area contributed by atoms with Crippen molar-refractivity contribution in [3.8, 4) is 0 Å². The molecule has 19 heavy (non-hydrogen) atoms. The highest BCUT2D eigenvalue weighted by Crippen LogP contribution is 2.14. The Hall–Kier alpha value is -2.36. The molecule has 0 saturated heterocycles. The molecule has 0 spiro atoms. The van der Waals surface area contributed by atoms with Gasteiger partial charge in [0.05, 0.1) is 12.7 Å². The molecule has 1 N–H and O–H groups in total. The van der Waals surface area contributed by atoms with Gasteiger partial charge in [0.15, 0.2) is 0 Å². The molecule has 2 aromatic rings. The maximum absolute atomic E-state index is 13.4. The smallest absolute Gasteiger partial charge is 0.337 e. The first-order valence-corrected chi connectivity index (χ1v) is 5.86. The van der Waals surface area contributed by atoms with E-state index in [1.54, 1.807) is 36.4 Å². The van der Waals surface area contributed by atoms with E-state index >= 15 is 0 Å². The highest BCUT2D eigenvalue weighted by atomic mass is 19.1. The van der Waals surface area contributed by atoms with Gasteiger partial charge in [-0.25, -0.2) is 9.18 Å². The number of carbonyl (C=O) groups excluding carboxylic acids is 1. The molecule has 0 saturated carbocycles. The third-order valence-corrected chi connectivity index (χ3v) is 2.72. The highest BCUT2D eigenvalue weighted by Gasteiger charge is 2.06. The number of esters is 1. The summed E-state index contributed by atoms with van der Waals surface area (Å²) in [6.45, 7) is 0.358. The lowest BCUT2D eigenvalue weighted by atomic mass is 10.2. The largest absolute Gasteiger partial charge is 0.465 e. The predicted molar refractivity (Wildman–Crippen MR) is 71.5 cm³/mol. The van der Waals surface area contributed by atoms with Gasteiger partial charge in [0.2, 0.25) is 0 Å². The molecule has 0 aliphatic rings. The summed E-state index contributed by atoms with van der Waals surface area (Å²) in [5, 5.41) is 3.07. The van der Waals surface area contributed by atoms with E-state index in [1.807, 2.05) is 6.07 Å². The van der Waals surface area contributed by atoms with E-state index in [-0.39, 0.29) is 5.82 Å². The van der Waals surface area contributed by atoms with Crippen molar-refractivity contribution >= 4 is 11.7 Å². The molecule has 0 aliphatic carbocycles. The quantitative estimate of drug-likeness (QED) is 0.857. The van der Waals surface area contributed by atoms with Gasteiger partial charge in [-0.3, -0.25) is 0 Å². The number of hydrogen-bond donors (Lipinski definition) is 1. The lowest BCUT2D eigenvalue weighted by Gasteiger charge is -2.08. The average molecular weight is 259 g/mol. The van der Waals surface area contributed by atoms with Gasteiger partial charge >= 0.3 is 5.97 Å².